The molecule has 2 aromatic rings. The average Bonchev–Trinajstić information content (AvgIpc) is 2.89. The third kappa shape index (κ3) is 4.98. The molecule has 1 atom stereocenters. The zero-order valence-corrected chi connectivity index (χ0v) is 13.6. The summed E-state index contributed by atoms with van der Waals surface area (Å²) in [5.74, 6) is 1.00. The Bertz CT molecular complexity index is 557. The number of hydrogen-bond acceptors (Lipinski definition) is 2. The Labute approximate surface area is 132 Å². The lowest BCUT2D eigenvalue weighted by Gasteiger charge is -2.16. The smallest absolute Gasteiger partial charge is 0.170 e. The van der Waals surface area contributed by atoms with Gasteiger partial charge in [-0.15, -0.1) is 0 Å². The van der Waals surface area contributed by atoms with Gasteiger partial charge in [0.2, 0.25) is 0 Å². The van der Waals surface area contributed by atoms with Crippen LogP contribution in [0.5, 0.6) is 0 Å². The zero-order valence-electron chi connectivity index (χ0n) is 11.2. The highest BCUT2D eigenvalue weighted by molar-refractivity contribution is 9.10. The number of nitrogens with one attached hydrogen (secondary N) is 2. The van der Waals surface area contributed by atoms with Crippen molar-refractivity contribution >= 4 is 38.9 Å². The molecule has 0 spiro atoms. The third-order valence-electron chi connectivity index (χ3n) is 2.86. The maximum absolute atomic E-state index is 5.32. The Balaban J connectivity index is 1.76. The topological polar surface area (TPSA) is 37.2 Å². The molecule has 2 N–H and O–H groups in total. The van der Waals surface area contributed by atoms with Crippen molar-refractivity contribution in [3.63, 3.8) is 0 Å². The molecular weight excluding hydrogens is 336 g/mol. The van der Waals surface area contributed by atoms with Crippen molar-refractivity contribution in [2.24, 2.45) is 0 Å². The van der Waals surface area contributed by atoms with Crippen LogP contribution >= 0.6 is 28.1 Å². The number of aryl methyl sites for hydroxylation is 1. The van der Waals surface area contributed by atoms with E-state index in [1.165, 1.54) is 0 Å². The quantitative estimate of drug-likeness (QED) is 0.784. The van der Waals surface area contributed by atoms with Crippen molar-refractivity contribution in [3.05, 3.63) is 52.9 Å². The summed E-state index contributed by atoms with van der Waals surface area (Å²) in [6.07, 6.45) is 3.57. The molecule has 0 unspecified atom stereocenters. The van der Waals surface area contributed by atoms with Crippen LogP contribution in [-0.2, 0) is 6.42 Å². The molecule has 0 saturated heterocycles. The lowest BCUT2D eigenvalue weighted by atomic mass is 10.1. The predicted octanol–water partition coefficient (Wildman–Crippen LogP) is 4.35. The monoisotopic (exact) mass is 352 g/mol. The van der Waals surface area contributed by atoms with E-state index in [0.29, 0.717) is 5.11 Å². The molecule has 0 aliphatic heterocycles. The summed E-state index contributed by atoms with van der Waals surface area (Å²) in [6.45, 7) is 2.11. The minimum absolute atomic E-state index is 0.284. The van der Waals surface area contributed by atoms with Gasteiger partial charge in [-0.1, -0.05) is 22.0 Å². The number of anilines is 1. The molecule has 0 aliphatic carbocycles. The summed E-state index contributed by atoms with van der Waals surface area (Å²) in [5, 5.41) is 7.08. The van der Waals surface area contributed by atoms with Gasteiger partial charge in [0.15, 0.2) is 5.11 Å². The highest BCUT2D eigenvalue weighted by Gasteiger charge is 2.06. The SMILES string of the molecule is C[C@H](CCc1ccco1)NC(=S)Nc1cccc(Br)c1. The van der Waals surface area contributed by atoms with E-state index in [0.717, 1.165) is 28.8 Å². The molecule has 20 heavy (non-hydrogen) atoms. The van der Waals surface area contributed by atoms with E-state index in [-0.39, 0.29) is 6.04 Å². The molecule has 0 radical (unpaired) electrons. The molecule has 0 saturated carbocycles. The molecule has 5 heteroatoms. The van der Waals surface area contributed by atoms with Gasteiger partial charge in [-0.2, -0.15) is 0 Å². The van der Waals surface area contributed by atoms with Gasteiger partial charge in [-0.05, 0) is 55.9 Å². The van der Waals surface area contributed by atoms with Crippen LogP contribution in [0.2, 0.25) is 0 Å². The first-order valence-electron chi connectivity index (χ1n) is 6.49. The number of furan rings is 1. The second-order valence-electron chi connectivity index (χ2n) is 4.63. The summed E-state index contributed by atoms with van der Waals surface area (Å²) in [4.78, 5) is 0. The number of benzene rings is 1. The van der Waals surface area contributed by atoms with E-state index in [1.807, 2.05) is 36.4 Å². The van der Waals surface area contributed by atoms with E-state index >= 15 is 0 Å². The second-order valence-corrected chi connectivity index (χ2v) is 5.95. The highest BCUT2D eigenvalue weighted by Crippen LogP contribution is 2.15. The van der Waals surface area contributed by atoms with Gasteiger partial charge < -0.3 is 15.1 Å². The van der Waals surface area contributed by atoms with E-state index in [4.69, 9.17) is 16.6 Å². The lowest BCUT2D eigenvalue weighted by Crippen LogP contribution is -2.36. The van der Waals surface area contributed by atoms with Crippen LogP contribution in [0, 0.1) is 0 Å². The molecule has 1 aromatic carbocycles. The van der Waals surface area contributed by atoms with E-state index in [9.17, 15) is 0 Å². The molecular formula is C15H17BrN2OS. The average molecular weight is 353 g/mol. The van der Waals surface area contributed by atoms with Crippen LogP contribution in [0.4, 0.5) is 5.69 Å². The largest absolute Gasteiger partial charge is 0.469 e. The van der Waals surface area contributed by atoms with Crippen LogP contribution in [0.1, 0.15) is 19.1 Å². The molecule has 1 heterocycles. The molecule has 0 amide bonds. The normalized spacial score (nSPS) is 11.9. The number of thiocarbonyl (C=S) groups is 1. The first-order valence-corrected chi connectivity index (χ1v) is 7.69. The number of hydrogen-bond donors (Lipinski definition) is 2. The summed E-state index contributed by atoms with van der Waals surface area (Å²) in [7, 11) is 0. The fraction of sp³-hybridized carbons (Fsp3) is 0.267. The second kappa shape index (κ2) is 7.45. The number of halogens is 1. The van der Waals surface area contributed by atoms with E-state index < -0.39 is 0 Å². The Morgan fingerprint density at radius 3 is 2.90 bits per heavy atom. The molecule has 0 aliphatic rings. The summed E-state index contributed by atoms with van der Waals surface area (Å²) < 4.78 is 6.34. The minimum atomic E-state index is 0.284. The van der Waals surface area contributed by atoms with Crippen molar-refractivity contribution in [1.82, 2.24) is 5.32 Å². The highest BCUT2D eigenvalue weighted by atomic mass is 79.9. The molecule has 106 valence electrons. The number of rotatable bonds is 5. The molecule has 2 rings (SSSR count). The van der Waals surface area contributed by atoms with Gasteiger partial charge in [-0.3, -0.25) is 0 Å². The third-order valence-corrected chi connectivity index (χ3v) is 3.58. The van der Waals surface area contributed by atoms with E-state index in [1.54, 1.807) is 6.26 Å². The van der Waals surface area contributed by atoms with Crippen molar-refractivity contribution in [1.29, 1.82) is 0 Å². The first-order chi connectivity index (χ1) is 9.63. The summed E-state index contributed by atoms with van der Waals surface area (Å²) in [6, 6.07) is 12.1. The van der Waals surface area contributed by atoms with Crippen molar-refractivity contribution in [2.75, 3.05) is 5.32 Å². The Kier molecular flexibility index (Phi) is 5.61. The Hall–Kier alpha value is -1.33. The summed E-state index contributed by atoms with van der Waals surface area (Å²) >= 11 is 8.74. The maximum atomic E-state index is 5.32. The van der Waals surface area contributed by atoms with E-state index in [2.05, 4.69) is 33.5 Å². The van der Waals surface area contributed by atoms with Gasteiger partial charge in [0.05, 0.1) is 6.26 Å². The van der Waals surface area contributed by atoms with Gasteiger partial charge in [0.1, 0.15) is 5.76 Å². The molecule has 3 nitrogen and oxygen atoms in total. The molecule has 0 bridgehead atoms. The van der Waals surface area contributed by atoms with Crippen molar-refractivity contribution in [2.45, 2.75) is 25.8 Å². The van der Waals surface area contributed by atoms with Crippen LogP contribution < -0.4 is 10.6 Å². The molecule has 0 fully saturated rings. The van der Waals surface area contributed by atoms with Crippen molar-refractivity contribution in [3.8, 4) is 0 Å². The van der Waals surface area contributed by atoms with Gasteiger partial charge in [-0.25, -0.2) is 0 Å². The van der Waals surface area contributed by atoms with Gasteiger partial charge in [0, 0.05) is 22.6 Å². The fourth-order valence-corrected chi connectivity index (χ4v) is 2.56. The van der Waals surface area contributed by atoms with Gasteiger partial charge in [0.25, 0.3) is 0 Å². The minimum Gasteiger partial charge on any atom is -0.469 e. The van der Waals surface area contributed by atoms with Crippen LogP contribution in [-0.4, -0.2) is 11.2 Å². The lowest BCUT2D eigenvalue weighted by molar-refractivity contribution is 0.483. The van der Waals surface area contributed by atoms with Crippen molar-refractivity contribution < 1.29 is 4.42 Å². The Morgan fingerprint density at radius 2 is 2.20 bits per heavy atom. The first kappa shape index (κ1) is 15.1. The van der Waals surface area contributed by atoms with Crippen LogP contribution in [0.3, 0.4) is 0 Å². The standard InChI is InChI=1S/C15H17BrN2OS/c1-11(7-8-14-6-3-9-19-14)17-15(20)18-13-5-2-4-12(16)10-13/h2-6,9-11H,7-8H2,1H3,(H2,17,18,20)/t11-/m1/s1. The van der Waals surface area contributed by atoms with Gasteiger partial charge >= 0.3 is 0 Å². The maximum Gasteiger partial charge on any atom is 0.170 e. The predicted molar refractivity (Wildman–Crippen MR) is 90.0 cm³/mol. The van der Waals surface area contributed by atoms with Crippen LogP contribution in [0.25, 0.3) is 0 Å². The fourth-order valence-electron chi connectivity index (χ4n) is 1.84. The summed E-state index contributed by atoms with van der Waals surface area (Å²) in [5.41, 5.74) is 0.968. The zero-order chi connectivity index (χ0) is 14.4. The Morgan fingerprint density at radius 1 is 1.35 bits per heavy atom. The molecule has 1 aromatic heterocycles. The van der Waals surface area contributed by atoms with Crippen LogP contribution in [0.15, 0.2) is 51.6 Å².